The van der Waals surface area contributed by atoms with Crippen LogP contribution in [0, 0.1) is 0 Å². The van der Waals surface area contributed by atoms with Crippen LogP contribution in [0.25, 0.3) is 0 Å². The molecule has 3 aromatic carbocycles. The SMILES string of the molecule is CCOc1cc([C@@H]2C(C(=O)OCCOc3ccccc3)=C(C)NC3=C2C(=O)C[C@H](c2ccc(OC)cc2)C3)ccc1O. The van der Waals surface area contributed by atoms with Crippen molar-refractivity contribution in [2.75, 3.05) is 26.9 Å². The summed E-state index contributed by atoms with van der Waals surface area (Å²) in [7, 11) is 1.62. The minimum absolute atomic E-state index is 0.0128. The lowest BCUT2D eigenvalue weighted by atomic mass is 9.71. The van der Waals surface area contributed by atoms with E-state index in [4.69, 9.17) is 18.9 Å². The number of methoxy groups -OCH3 is 1. The molecule has 2 aliphatic rings. The van der Waals surface area contributed by atoms with Gasteiger partial charge in [0.15, 0.2) is 17.3 Å². The van der Waals surface area contributed by atoms with Crippen molar-refractivity contribution < 1.29 is 33.6 Å². The van der Waals surface area contributed by atoms with Gasteiger partial charge in [-0.2, -0.15) is 0 Å². The molecule has 1 heterocycles. The van der Waals surface area contributed by atoms with Crippen LogP contribution in [0.15, 0.2) is 95.3 Å². The Morgan fingerprint density at radius 1 is 0.929 bits per heavy atom. The van der Waals surface area contributed by atoms with E-state index < -0.39 is 11.9 Å². The molecule has 8 heteroatoms. The first-order chi connectivity index (χ1) is 20.4. The number of ketones is 1. The predicted octanol–water partition coefficient (Wildman–Crippen LogP) is 5.78. The summed E-state index contributed by atoms with van der Waals surface area (Å²) in [6, 6.07) is 22.0. The van der Waals surface area contributed by atoms with Crippen molar-refractivity contribution in [1.29, 1.82) is 0 Å². The van der Waals surface area contributed by atoms with Gasteiger partial charge in [-0.05, 0) is 73.7 Å². The zero-order valence-electron chi connectivity index (χ0n) is 24.0. The lowest BCUT2D eigenvalue weighted by Crippen LogP contribution is -2.36. The summed E-state index contributed by atoms with van der Waals surface area (Å²) >= 11 is 0. The molecular weight excluding hydrogens is 534 g/mol. The number of carbonyl (C=O) groups is 2. The van der Waals surface area contributed by atoms with E-state index >= 15 is 0 Å². The molecule has 0 saturated heterocycles. The fourth-order valence-corrected chi connectivity index (χ4v) is 5.62. The van der Waals surface area contributed by atoms with Crippen LogP contribution in [0.2, 0.25) is 0 Å². The standard InChI is InChI=1S/C34H35NO7/c1-4-40-30-20-23(12-15-28(30)36)32-31(34(38)42-17-16-41-26-8-6-5-7-9-26)21(2)35-27-18-24(19-29(37)33(27)32)22-10-13-25(39-3)14-11-22/h5-15,20,24,32,35-36H,4,16-19H2,1-3H3/t24-,32-/m1/s1. The molecule has 8 nitrogen and oxygen atoms in total. The van der Waals surface area contributed by atoms with Gasteiger partial charge in [0.25, 0.3) is 0 Å². The number of hydrogen-bond donors (Lipinski definition) is 2. The first kappa shape index (κ1) is 28.8. The van der Waals surface area contributed by atoms with Crippen LogP contribution in [0.5, 0.6) is 23.0 Å². The van der Waals surface area contributed by atoms with Crippen molar-refractivity contribution in [3.05, 3.63) is 106 Å². The molecule has 2 N–H and O–H groups in total. The molecule has 0 radical (unpaired) electrons. The maximum Gasteiger partial charge on any atom is 0.336 e. The number of nitrogens with one attached hydrogen (secondary N) is 1. The lowest BCUT2D eigenvalue weighted by molar-refractivity contribution is -0.140. The van der Waals surface area contributed by atoms with Crippen LogP contribution in [-0.4, -0.2) is 43.8 Å². The second kappa shape index (κ2) is 12.9. The third-order valence-corrected chi connectivity index (χ3v) is 7.58. The summed E-state index contributed by atoms with van der Waals surface area (Å²) in [6.45, 7) is 4.22. The van der Waals surface area contributed by atoms with E-state index in [0.29, 0.717) is 47.6 Å². The number of aromatic hydroxyl groups is 1. The van der Waals surface area contributed by atoms with Crippen LogP contribution in [0.3, 0.4) is 0 Å². The van der Waals surface area contributed by atoms with Gasteiger partial charge in [-0.3, -0.25) is 4.79 Å². The maximum absolute atomic E-state index is 13.9. The van der Waals surface area contributed by atoms with E-state index in [1.54, 1.807) is 19.2 Å². The number of ether oxygens (including phenoxy) is 4. The molecule has 1 aliphatic heterocycles. The van der Waals surface area contributed by atoms with E-state index in [1.165, 1.54) is 6.07 Å². The Bertz CT molecular complexity index is 1510. The van der Waals surface area contributed by atoms with E-state index in [-0.39, 0.29) is 36.4 Å². The zero-order valence-corrected chi connectivity index (χ0v) is 24.0. The van der Waals surface area contributed by atoms with Crippen molar-refractivity contribution in [3.8, 4) is 23.0 Å². The number of para-hydroxylation sites is 1. The van der Waals surface area contributed by atoms with Gasteiger partial charge in [0.05, 0.1) is 19.3 Å². The molecule has 0 spiro atoms. The highest BCUT2D eigenvalue weighted by molar-refractivity contribution is 6.04. The molecule has 0 bridgehead atoms. The highest BCUT2D eigenvalue weighted by Gasteiger charge is 2.41. The number of Topliss-reactive ketones (excluding diaryl/α,β-unsaturated/α-hetero) is 1. The van der Waals surface area contributed by atoms with Gasteiger partial charge in [-0.15, -0.1) is 0 Å². The number of esters is 1. The van der Waals surface area contributed by atoms with Crippen LogP contribution in [-0.2, 0) is 14.3 Å². The van der Waals surface area contributed by atoms with Crippen LogP contribution in [0.4, 0.5) is 0 Å². The number of benzene rings is 3. The van der Waals surface area contributed by atoms with Gasteiger partial charge in [0.1, 0.15) is 24.7 Å². The number of phenolic OH excluding ortho intramolecular Hbond substituents is 1. The Morgan fingerprint density at radius 3 is 2.38 bits per heavy atom. The van der Waals surface area contributed by atoms with Crippen molar-refractivity contribution >= 4 is 11.8 Å². The Morgan fingerprint density at radius 2 is 1.67 bits per heavy atom. The normalized spacial score (nSPS) is 18.2. The van der Waals surface area contributed by atoms with Crippen molar-refractivity contribution in [2.24, 2.45) is 0 Å². The summed E-state index contributed by atoms with van der Waals surface area (Å²) < 4.78 is 22.3. The molecule has 0 fully saturated rings. The number of allylic oxidation sites excluding steroid dienone is 3. The number of carbonyl (C=O) groups excluding carboxylic acids is 2. The molecule has 3 aromatic rings. The van der Waals surface area contributed by atoms with Crippen LogP contribution < -0.4 is 19.5 Å². The average molecular weight is 570 g/mol. The Hall–Kier alpha value is -4.72. The summed E-state index contributed by atoms with van der Waals surface area (Å²) in [5.74, 6) is 0.416. The van der Waals surface area contributed by atoms with E-state index in [1.807, 2.05) is 68.4 Å². The van der Waals surface area contributed by atoms with Gasteiger partial charge in [-0.25, -0.2) is 4.79 Å². The second-order valence-corrected chi connectivity index (χ2v) is 10.2. The topological polar surface area (TPSA) is 103 Å². The summed E-state index contributed by atoms with van der Waals surface area (Å²) in [5, 5.41) is 13.7. The molecule has 0 amide bonds. The molecule has 218 valence electrons. The highest BCUT2D eigenvalue weighted by atomic mass is 16.6. The molecule has 0 saturated carbocycles. The average Bonchev–Trinajstić information content (AvgIpc) is 3.00. The Labute approximate surface area is 245 Å². The molecule has 42 heavy (non-hydrogen) atoms. The fraction of sp³-hybridized carbons (Fsp3) is 0.294. The smallest absolute Gasteiger partial charge is 0.336 e. The third kappa shape index (κ3) is 6.12. The van der Waals surface area contributed by atoms with Gasteiger partial charge in [-0.1, -0.05) is 36.4 Å². The number of phenols is 1. The Balaban J connectivity index is 1.45. The van der Waals surface area contributed by atoms with Crippen LogP contribution >= 0.6 is 0 Å². The monoisotopic (exact) mass is 569 g/mol. The maximum atomic E-state index is 13.9. The van der Waals surface area contributed by atoms with Crippen molar-refractivity contribution in [3.63, 3.8) is 0 Å². The van der Waals surface area contributed by atoms with Gasteiger partial charge >= 0.3 is 5.97 Å². The van der Waals surface area contributed by atoms with Crippen molar-refractivity contribution in [1.82, 2.24) is 5.32 Å². The third-order valence-electron chi connectivity index (χ3n) is 7.58. The molecule has 5 rings (SSSR count). The molecule has 1 aliphatic carbocycles. The summed E-state index contributed by atoms with van der Waals surface area (Å²) in [6.07, 6.45) is 0.900. The molecule has 0 aromatic heterocycles. The van der Waals surface area contributed by atoms with Gasteiger partial charge in [0, 0.05) is 29.3 Å². The van der Waals surface area contributed by atoms with E-state index in [9.17, 15) is 14.7 Å². The minimum Gasteiger partial charge on any atom is -0.504 e. The number of dihydropyridines is 1. The predicted molar refractivity (Wildman–Crippen MR) is 158 cm³/mol. The highest BCUT2D eigenvalue weighted by Crippen LogP contribution is 2.47. The molecule has 2 atom stereocenters. The lowest BCUT2D eigenvalue weighted by Gasteiger charge is -2.36. The zero-order chi connectivity index (χ0) is 29.6. The second-order valence-electron chi connectivity index (χ2n) is 10.2. The quantitative estimate of drug-likeness (QED) is 0.234. The van der Waals surface area contributed by atoms with Gasteiger partial charge < -0.3 is 29.4 Å². The van der Waals surface area contributed by atoms with Gasteiger partial charge in [0.2, 0.25) is 0 Å². The first-order valence-corrected chi connectivity index (χ1v) is 14.1. The first-order valence-electron chi connectivity index (χ1n) is 14.1. The largest absolute Gasteiger partial charge is 0.504 e. The number of rotatable bonds is 10. The van der Waals surface area contributed by atoms with Crippen LogP contribution in [0.1, 0.15) is 49.7 Å². The number of hydrogen-bond acceptors (Lipinski definition) is 8. The molecular formula is C34H35NO7. The van der Waals surface area contributed by atoms with E-state index in [0.717, 1.165) is 17.0 Å². The Kier molecular flexibility index (Phi) is 8.81. The van der Waals surface area contributed by atoms with E-state index in [2.05, 4.69) is 5.32 Å². The summed E-state index contributed by atoms with van der Waals surface area (Å²) in [5.41, 5.74) is 3.98. The minimum atomic E-state index is -0.687. The summed E-state index contributed by atoms with van der Waals surface area (Å²) in [4.78, 5) is 27.5. The fourth-order valence-electron chi connectivity index (χ4n) is 5.62. The van der Waals surface area contributed by atoms with Crippen molar-refractivity contribution in [2.45, 2.75) is 38.5 Å². The molecule has 0 unspecified atom stereocenters.